The van der Waals surface area contributed by atoms with Gasteiger partial charge in [0.05, 0.1) is 16.7 Å². The lowest BCUT2D eigenvalue weighted by Crippen LogP contribution is -2.24. The Kier molecular flexibility index (Phi) is 4.90. The molecule has 29 heavy (non-hydrogen) atoms. The second-order valence-electron chi connectivity index (χ2n) is 6.74. The van der Waals surface area contributed by atoms with Crippen LogP contribution in [-0.2, 0) is 11.2 Å². The number of anilines is 2. The van der Waals surface area contributed by atoms with E-state index in [0.29, 0.717) is 33.3 Å². The molecule has 8 heteroatoms. The maximum atomic E-state index is 10.8. The Labute approximate surface area is 172 Å². The molecule has 4 rings (SSSR count). The summed E-state index contributed by atoms with van der Waals surface area (Å²) in [6.07, 6.45) is -0.131. The smallest absolute Gasteiger partial charge is 0.197 e. The molecule has 146 valence electrons. The SMILES string of the molecule is Cc1cc(C)n(-c2nc3cc(Cl)ccc3nc2Nc2ccc(CC(=O)[O-])cc2)n1. The van der Waals surface area contributed by atoms with Gasteiger partial charge in [-0.2, -0.15) is 5.10 Å². The zero-order valence-corrected chi connectivity index (χ0v) is 16.6. The maximum absolute atomic E-state index is 10.8. The van der Waals surface area contributed by atoms with Crippen LogP contribution >= 0.6 is 11.6 Å². The number of nitrogens with zero attached hydrogens (tertiary/aromatic N) is 4. The van der Waals surface area contributed by atoms with E-state index in [1.54, 1.807) is 41.1 Å². The predicted molar refractivity (Wildman–Crippen MR) is 110 cm³/mol. The van der Waals surface area contributed by atoms with Gasteiger partial charge in [0, 0.05) is 28.8 Å². The number of aromatic nitrogens is 4. The van der Waals surface area contributed by atoms with E-state index in [0.717, 1.165) is 17.1 Å². The van der Waals surface area contributed by atoms with Crippen LogP contribution in [-0.4, -0.2) is 25.7 Å². The molecular weight excluding hydrogens is 390 g/mol. The van der Waals surface area contributed by atoms with Gasteiger partial charge < -0.3 is 15.2 Å². The van der Waals surface area contributed by atoms with Crippen LogP contribution < -0.4 is 10.4 Å². The molecule has 0 bridgehead atoms. The highest BCUT2D eigenvalue weighted by atomic mass is 35.5. The van der Waals surface area contributed by atoms with E-state index in [1.165, 1.54) is 0 Å². The molecule has 0 aliphatic rings. The number of carbonyl (C=O) groups excluding carboxylic acids is 1. The first-order valence-corrected chi connectivity index (χ1v) is 9.33. The highest BCUT2D eigenvalue weighted by molar-refractivity contribution is 6.31. The van der Waals surface area contributed by atoms with E-state index >= 15 is 0 Å². The molecule has 2 heterocycles. The summed E-state index contributed by atoms with van der Waals surface area (Å²) >= 11 is 6.12. The van der Waals surface area contributed by atoms with Gasteiger partial charge in [-0.25, -0.2) is 14.6 Å². The summed E-state index contributed by atoms with van der Waals surface area (Å²) in [5, 5.41) is 19.1. The van der Waals surface area contributed by atoms with Crippen LogP contribution in [0.25, 0.3) is 16.9 Å². The fraction of sp³-hybridized carbons (Fsp3) is 0.143. The van der Waals surface area contributed by atoms with Crippen molar-refractivity contribution >= 4 is 40.1 Å². The molecule has 2 aromatic carbocycles. The molecular formula is C21H17ClN5O2-. The molecule has 0 unspecified atom stereocenters. The fourth-order valence-electron chi connectivity index (χ4n) is 3.10. The van der Waals surface area contributed by atoms with Crippen LogP contribution in [0.2, 0.25) is 5.02 Å². The lowest BCUT2D eigenvalue weighted by molar-refractivity contribution is -0.304. The van der Waals surface area contributed by atoms with E-state index in [1.807, 2.05) is 26.0 Å². The first-order valence-electron chi connectivity index (χ1n) is 8.96. The fourth-order valence-corrected chi connectivity index (χ4v) is 3.27. The number of carbonyl (C=O) groups is 1. The van der Waals surface area contributed by atoms with Gasteiger partial charge in [0.1, 0.15) is 0 Å². The number of hydrogen-bond acceptors (Lipinski definition) is 6. The number of aliphatic carboxylic acids is 1. The lowest BCUT2D eigenvalue weighted by atomic mass is 10.1. The zero-order valence-electron chi connectivity index (χ0n) is 15.8. The second-order valence-corrected chi connectivity index (χ2v) is 7.17. The number of fused-ring (bicyclic) bond motifs is 1. The molecule has 1 N–H and O–H groups in total. The van der Waals surface area contributed by atoms with E-state index in [2.05, 4.69) is 10.4 Å². The van der Waals surface area contributed by atoms with Crippen molar-refractivity contribution in [1.29, 1.82) is 0 Å². The summed E-state index contributed by atoms with van der Waals surface area (Å²) < 4.78 is 1.73. The topological polar surface area (TPSA) is 95.8 Å². The Morgan fingerprint density at radius 2 is 1.83 bits per heavy atom. The highest BCUT2D eigenvalue weighted by Gasteiger charge is 2.15. The summed E-state index contributed by atoms with van der Waals surface area (Å²) in [7, 11) is 0. The van der Waals surface area contributed by atoms with E-state index < -0.39 is 5.97 Å². The molecule has 2 aromatic heterocycles. The summed E-state index contributed by atoms with van der Waals surface area (Å²) in [4.78, 5) is 20.2. The summed E-state index contributed by atoms with van der Waals surface area (Å²) in [6.45, 7) is 3.86. The van der Waals surface area contributed by atoms with Crippen molar-refractivity contribution in [3.63, 3.8) is 0 Å². The molecule has 0 saturated heterocycles. The third-order valence-electron chi connectivity index (χ3n) is 4.38. The van der Waals surface area contributed by atoms with Crippen LogP contribution in [0.3, 0.4) is 0 Å². The van der Waals surface area contributed by atoms with Crippen LogP contribution in [0.5, 0.6) is 0 Å². The number of hydrogen-bond donors (Lipinski definition) is 1. The Bertz CT molecular complexity index is 1220. The van der Waals surface area contributed by atoms with Crippen molar-refractivity contribution in [3.05, 3.63) is 70.5 Å². The number of rotatable bonds is 5. The summed E-state index contributed by atoms with van der Waals surface area (Å²) in [5.41, 5.74) is 4.55. The quantitative estimate of drug-likeness (QED) is 0.547. The standard InChI is InChI=1S/C21H18ClN5O2/c1-12-9-13(2)27(26-12)21-20(24-17-8-5-15(22)11-18(17)25-21)23-16-6-3-14(4-7-16)10-19(28)29/h3-9,11H,10H2,1-2H3,(H,23,24)(H,28,29)/p-1. The van der Waals surface area contributed by atoms with Gasteiger partial charge in [-0.1, -0.05) is 23.7 Å². The second kappa shape index (κ2) is 7.52. The number of carboxylic acid groups (broad SMARTS) is 1. The van der Waals surface area contributed by atoms with Gasteiger partial charge in [0.2, 0.25) is 0 Å². The molecule has 0 fully saturated rings. The Hall–Kier alpha value is -3.45. The van der Waals surface area contributed by atoms with E-state index in [9.17, 15) is 9.90 Å². The Morgan fingerprint density at radius 3 is 2.48 bits per heavy atom. The highest BCUT2D eigenvalue weighted by Crippen LogP contribution is 2.26. The summed E-state index contributed by atoms with van der Waals surface area (Å²) in [6, 6.07) is 14.3. The van der Waals surface area contributed by atoms with Crippen molar-refractivity contribution in [2.24, 2.45) is 0 Å². The largest absolute Gasteiger partial charge is 0.550 e. The van der Waals surface area contributed by atoms with Crippen molar-refractivity contribution in [3.8, 4) is 5.82 Å². The van der Waals surface area contributed by atoms with Crippen LogP contribution in [0, 0.1) is 13.8 Å². The van der Waals surface area contributed by atoms with E-state index in [-0.39, 0.29) is 6.42 Å². The minimum atomic E-state index is -1.11. The van der Waals surface area contributed by atoms with Gasteiger partial charge in [-0.15, -0.1) is 0 Å². The number of benzene rings is 2. The molecule has 0 radical (unpaired) electrons. The molecule has 0 amide bonds. The number of halogens is 1. The molecule has 0 aliphatic carbocycles. The van der Waals surface area contributed by atoms with Crippen LogP contribution in [0.1, 0.15) is 17.0 Å². The lowest BCUT2D eigenvalue weighted by Gasteiger charge is -2.13. The number of nitrogens with one attached hydrogen (secondary N) is 1. The maximum Gasteiger partial charge on any atom is 0.197 e. The van der Waals surface area contributed by atoms with Crippen molar-refractivity contribution in [2.75, 3.05) is 5.32 Å². The van der Waals surface area contributed by atoms with Gasteiger partial charge in [-0.05, 0) is 55.8 Å². The summed E-state index contributed by atoms with van der Waals surface area (Å²) in [5.74, 6) is -0.0422. The third-order valence-corrected chi connectivity index (χ3v) is 4.62. The van der Waals surface area contributed by atoms with Gasteiger partial charge in [-0.3, -0.25) is 0 Å². The molecule has 4 aromatic rings. The van der Waals surface area contributed by atoms with Crippen molar-refractivity contribution < 1.29 is 9.90 Å². The predicted octanol–water partition coefficient (Wildman–Crippen LogP) is 3.12. The van der Waals surface area contributed by atoms with Crippen LogP contribution in [0.15, 0.2) is 48.5 Å². The van der Waals surface area contributed by atoms with Gasteiger partial charge in [0.25, 0.3) is 0 Å². The molecule has 0 atom stereocenters. The first kappa shape index (κ1) is 18.9. The Morgan fingerprint density at radius 1 is 1.07 bits per heavy atom. The van der Waals surface area contributed by atoms with Gasteiger partial charge >= 0.3 is 0 Å². The third kappa shape index (κ3) is 4.05. The minimum Gasteiger partial charge on any atom is -0.550 e. The average molecular weight is 407 g/mol. The normalized spacial score (nSPS) is 11.0. The molecule has 0 spiro atoms. The van der Waals surface area contributed by atoms with Gasteiger partial charge in [0.15, 0.2) is 11.6 Å². The number of carboxylic acids is 1. The Balaban J connectivity index is 1.79. The molecule has 0 aliphatic heterocycles. The first-order chi connectivity index (χ1) is 13.9. The van der Waals surface area contributed by atoms with E-state index in [4.69, 9.17) is 21.6 Å². The molecule has 7 nitrogen and oxygen atoms in total. The zero-order chi connectivity index (χ0) is 20.5. The monoisotopic (exact) mass is 406 g/mol. The average Bonchev–Trinajstić information content (AvgIpc) is 3.00. The number of aryl methyl sites for hydroxylation is 2. The molecule has 0 saturated carbocycles. The van der Waals surface area contributed by atoms with Crippen molar-refractivity contribution in [1.82, 2.24) is 19.7 Å². The minimum absolute atomic E-state index is 0.131. The van der Waals surface area contributed by atoms with Crippen LogP contribution in [0.4, 0.5) is 11.5 Å². The van der Waals surface area contributed by atoms with Crippen molar-refractivity contribution in [2.45, 2.75) is 20.3 Å².